The Bertz CT molecular complexity index is 1010. The second-order valence-corrected chi connectivity index (χ2v) is 6.68. The van der Waals surface area contributed by atoms with Gasteiger partial charge in [-0.25, -0.2) is 4.79 Å². The van der Waals surface area contributed by atoms with Gasteiger partial charge in [0.2, 0.25) is 0 Å². The molecule has 30 heavy (non-hydrogen) atoms. The summed E-state index contributed by atoms with van der Waals surface area (Å²) in [5.41, 5.74) is 2.87. The Hall–Kier alpha value is -3.94. The summed E-state index contributed by atoms with van der Waals surface area (Å²) in [5, 5.41) is 16.9. The highest BCUT2D eigenvalue weighted by molar-refractivity contribution is 5.94. The van der Waals surface area contributed by atoms with Crippen molar-refractivity contribution < 1.29 is 14.4 Å². The number of para-hydroxylation sites is 1. The predicted molar refractivity (Wildman–Crippen MR) is 113 cm³/mol. The van der Waals surface area contributed by atoms with Gasteiger partial charge in [0, 0.05) is 18.2 Å². The largest absolute Gasteiger partial charge is 0.489 e. The summed E-state index contributed by atoms with van der Waals surface area (Å²) in [5.74, 6) is 1.17. The van der Waals surface area contributed by atoms with E-state index in [1.807, 2.05) is 54.6 Å². The normalized spacial score (nSPS) is 15.1. The van der Waals surface area contributed by atoms with Gasteiger partial charge in [0.15, 0.2) is 11.9 Å². The Balaban J connectivity index is 1.24. The first kappa shape index (κ1) is 19.4. The predicted octanol–water partition coefficient (Wildman–Crippen LogP) is 3.49. The number of oxime groups is 1. The first-order valence-corrected chi connectivity index (χ1v) is 9.59. The maximum absolute atomic E-state index is 11.9. The first-order valence-electron chi connectivity index (χ1n) is 9.59. The minimum atomic E-state index is -0.380. The standard InChI is InChI=1S/C22H21N5O3/c28-22(25-21-11-6-12-24-26-21)23-14-17-13-18(30-27-17)15-29-20-10-5-4-9-19(20)16-7-2-1-3-8-16/h1-12,18H,13-15H2,(H2,23,25,26,28). The smallest absolute Gasteiger partial charge is 0.320 e. The van der Waals surface area contributed by atoms with E-state index in [9.17, 15) is 4.79 Å². The molecule has 1 aliphatic rings. The molecule has 1 unspecified atom stereocenters. The zero-order valence-electron chi connectivity index (χ0n) is 16.2. The number of urea groups is 1. The van der Waals surface area contributed by atoms with Crippen LogP contribution in [0.5, 0.6) is 5.75 Å². The number of rotatable bonds is 7. The molecule has 0 saturated heterocycles. The maximum Gasteiger partial charge on any atom is 0.320 e. The lowest BCUT2D eigenvalue weighted by molar-refractivity contribution is 0.0472. The molecule has 2 amide bonds. The average molecular weight is 403 g/mol. The third kappa shape index (κ3) is 5.11. The lowest BCUT2D eigenvalue weighted by Crippen LogP contribution is -2.33. The number of carbonyl (C=O) groups is 1. The highest BCUT2D eigenvalue weighted by Crippen LogP contribution is 2.30. The number of nitrogens with one attached hydrogen (secondary N) is 2. The summed E-state index contributed by atoms with van der Waals surface area (Å²) >= 11 is 0. The molecule has 1 aromatic heterocycles. The van der Waals surface area contributed by atoms with Crippen LogP contribution in [-0.4, -0.2) is 41.2 Å². The van der Waals surface area contributed by atoms with Gasteiger partial charge in [0.05, 0.1) is 12.3 Å². The summed E-state index contributed by atoms with van der Waals surface area (Å²) in [7, 11) is 0. The molecule has 0 bridgehead atoms. The van der Waals surface area contributed by atoms with Crippen molar-refractivity contribution in [1.29, 1.82) is 0 Å². The van der Waals surface area contributed by atoms with Crippen LogP contribution in [0, 0.1) is 0 Å². The SMILES string of the molecule is O=C(NCC1=NOC(COc2ccccc2-c2ccccc2)C1)Nc1cccnn1. The van der Waals surface area contributed by atoms with Crippen LogP contribution in [0.15, 0.2) is 78.1 Å². The Kier molecular flexibility index (Phi) is 6.14. The van der Waals surface area contributed by atoms with Crippen LogP contribution in [-0.2, 0) is 4.84 Å². The second-order valence-electron chi connectivity index (χ2n) is 6.68. The van der Waals surface area contributed by atoms with E-state index in [0.29, 0.717) is 18.8 Å². The van der Waals surface area contributed by atoms with Crippen LogP contribution < -0.4 is 15.4 Å². The lowest BCUT2D eigenvalue weighted by Gasteiger charge is -2.14. The van der Waals surface area contributed by atoms with Gasteiger partial charge in [-0.2, -0.15) is 5.10 Å². The number of aromatic nitrogens is 2. The van der Waals surface area contributed by atoms with Crippen molar-refractivity contribution >= 4 is 17.6 Å². The van der Waals surface area contributed by atoms with Crippen LogP contribution in [0.3, 0.4) is 0 Å². The molecular weight excluding hydrogens is 382 g/mol. The molecule has 8 nitrogen and oxygen atoms in total. The third-order valence-corrected chi connectivity index (χ3v) is 4.46. The van der Waals surface area contributed by atoms with Crippen LogP contribution in [0.25, 0.3) is 11.1 Å². The first-order chi connectivity index (χ1) is 14.8. The van der Waals surface area contributed by atoms with Gasteiger partial charge in [-0.05, 0) is 23.8 Å². The maximum atomic E-state index is 11.9. The molecule has 2 N–H and O–H groups in total. The number of amides is 2. The molecule has 0 saturated carbocycles. The van der Waals surface area contributed by atoms with Gasteiger partial charge in [-0.15, -0.1) is 5.10 Å². The molecule has 2 aromatic carbocycles. The van der Waals surface area contributed by atoms with Crippen molar-refractivity contribution in [2.75, 3.05) is 18.5 Å². The monoisotopic (exact) mass is 403 g/mol. The number of hydrogen-bond donors (Lipinski definition) is 2. The van der Waals surface area contributed by atoms with Crippen molar-refractivity contribution in [2.24, 2.45) is 5.16 Å². The summed E-state index contributed by atoms with van der Waals surface area (Å²) in [6.07, 6.45) is 1.92. The van der Waals surface area contributed by atoms with Crippen LogP contribution >= 0.6 is 0 Å². The van der Waals surface area contributed by atoms with Gasteiger partial charge >= 0.3 is 6.03 Å². The minimum Gasteiger partial charge on any atom is -0.489 e. The van der Waals surface area contributed by atoms with Crippen molar-refractivity contribution in [2.45, 2.75) is 12.5 Å². The highest BCUT2D eigenvalue weighted by atomic mass is 16.7. The van der Waals surface area contributed by atoms with E-state index in [-0.39, 0.29) is 18.7 Å². The quantitative estimate of drug-likeness (QED) is 0.629. The summed E-state index contributed by atoms with van der Waals surface area (Å²) in [6, 6.07) is 21.0. The zero-order chi connectivity index (χ0) is 20.6. The fraction of sp³-hybridized carbons (Fsp3) is 0.182. The van der Waals surface area contributed by atoms with Crippen LogP contribution in [0.4, 0.5) is 10.6 Å². The van der Waals surface area contributed by atoms with Crippen molar-refractivity contribution in [3.8, 4) is 16.9 Å². The van der Waals surface area contributed by atoms with E-state index in [2.05, 4.69) is 26.0 Å². The number of carbonyl (C=O) groups excluding carboxylic acids is 1. The molecule has 0 spiro atoms. The Labute approximate surface area is 173 Å². The van der Waals surface area contributed by atoms with Crippen LogP contribution in [0.2, 0.25) is 0 Å². The zero-order valence-corrected chi connectivity index (χ0v) is 16.2. The van der Waals surface area contributed by atoms with E-state index in [1.54, 1.807) is 12.1 Å². The summed E-state index contributed by atoms with van der Waals surface area (Å²) in [6.45, 7) is 0.645. The van der Waals surface area contributed by atoms with Gasteiger partial charge in [-0.3, -0.25) is 5.32 Å². The summed E-state index contributed by atoms with van der Waals surface area (Å²) < 4.78 is 6.02. The van der Waals surface area contributed by atoms with E-state index in [0.717, 1.165) is 22.6 Å². The molecule has 1 atom stereocenters. The second kappa shape index (κ2) is 9.51. The number of nitrogens with zero attached hydrogens (tertiary/aromatic N) is 3. The molecule has 1 aliphatic heterocycles. The van der Waals surface area contributed by atoms with Crippen molar-refractivity contribution in [3.05, 3.63) is 72.9 Å². The molecule has 0 aliphatic carbocycles. The van der Waals surface area contributed by atoms with Gasteiger partial charge < -0.3 is 14.9 Å². The molecule has 4 rings (SSSR count). The third-order valence-electron chi connectivity index (χ3n) is 4.46. The summed E-state index contributed by atoms with van der Waals surface area (Å²) in [4.78, 5) is 17.4. The molecule has 0 fully saturated rings. The molecule has 8 heteroatoms. The Morgan fingerprint density at radius 1 is 1.07 bits per heavy atom. The Morgan fingerprint density at radius 3 is 2.73 bits per heavy atom. The fourth-order valence-corrected chi connectivity index (χ4v) is 3.02. The molecular formula is C22H21N5O3. The van der Waals surface area contributed by atoms with Crippen molar-refractivity contribution in [3.63, 3.8) is 0 Å². The number of ether oxygens (including phenoxy) is 1. The van der Waals surface area contributed by atoms with Gasteiger partial charge in [0.25, 0.3) is 0 Å². The average Bonchev–Trinajstić information content (AvgIpc) is 3.26. The number of anilines is 1. The number of hydrogen-bond acceptors (Lipinski definition) is 6. The Morgan fingerprint density at radius 2 is 1.90 bits per heavy atom. The molecule has 0 radical (unpaired) electrons. The van der Waals surface area contributed by atoms with Gasteiger partial charge in [-0.1, -0.05) is 53.7 Å². The van der Waals surface area contributed by atoms with Crippen molar-refractivity contribution in [1.82, 2.24) is 15.5 Å². The minimum absolute atomic E-state index is 0.200. The fourth-order valence-electron chi connectivity index (χ4n) is 3.02. The molecule has 2 heterocycles. The number of benzene rings is 2. The molecule has 152 valence electrons. The van der Waals surface area contributed by atoms with E-state index >= 15 is 0 Å². The lowest BCUT2D eigenvalue weighted by atomic mass is 10.0. The van der Waals surface area contributed by atoms with E-state index < -0.39 is 0 Å². The van der Waals surface area contributed by atoms with E-state index in [1.165, 1.54) is 6.20 Å². The van der Waals surface area contributed by atoms with Crippen LogP contribution in [0.1, 0.15) is 6.42 Å². The van der Waals surface area contributed by atoms with Gasteiger partial charge in [0.1, 0.15) is 12.4 Å². The molecule has 3 aromatic rings. The highest BCUT2D eigenvalue weighted by Gasteiger charge is 2.22. The van der Waals surface area contributed by atoms with E-state index in [4.69, 9.17) is 9.57 Å². The topological polar surface area (TPSA) is 97.7 Å².